The summed E-state index contributed by atoms with van der Waals surface area (Å²) < 4.78 is 5.28. The number of ether oxygens (including phenoxy) is 1. The van der Waals surface area contributed by atoms with Crippen molar-refractivity contribution in [3.05, 3.63) is 0 Å². The lowest BCUT2D eigenvalue weighted by atomic mass is 9.74. The Morgan fingerprint density at radius 3 is 2.60 bits per heavy atom. The molecule has 0 aromatic rings. The Morgan fingerprint density at radius 2 is 2.07 bits per heavy atom. The molecule has 0 amide bonds. The largest absolute Gasteiger partial charge is 0.481 e. The molecule has 1 saturated heterocycles. The molecule has 2 aliphatic rings. The minimum absolute atomic E-state index is 0.429. The second kappa shape index (κ2) is 4.52. The van der Waals surface area contributed by atoms with Crippen LogP contribution in [0.4, 0.5) is 0 Å². The minimum atomic E-state index is -0.648. The number of carboxylic acids is 1. The highest BCUT2D eigenvalue weighted by Crippen LogP contribution is 2.40. The van der Waals surface area contributed by atoms with Gasteiger partial charge in [-0.15, -0.1) is 0 Å². The van der Waals surface area contributed by atoms with Gasteiger partial charge in [-0.05, 0) is 18.8 Å². The summed E-state index contributed by atoms with van der Waals surface area (Å²) in [5, 5.41) is 9.31. The van der Waals surface area contributed by atoms with Gasteiger partial charge in [-0.25, -0.2) is 0 Å². The molecule has 1 saturated carbocycles. The van der Waals surface area contributed by atoms with Crippen molar-refractivity contribution >= 4 is 5.97 Å². The highest BCUT2D eigenvalue weighted by Gasteiger charge is 2.43. The van der Waals surface area contributed by atoms with E-state index in [-0.39, 0.29) is 0 Å². The fourth-order valence-electron chi connectivity index (χ4n) is 2.97. The van der Waals surface area contributed by atoms with Gasteiger partial charge in [-0.1, -0.05) is 32.1 Å². The Hall–Kier alpha value is -0.570. The van der Waals surface area contributed by atoms with E-state index in [4.69, 9.17) is 4.74 Å². The minimum Gasteiger partial charge on any atom is -0.481 e. The molecular weight excluding hydrogens is 192 g/mol. The van der Waals surface area contributed by atoms with E-state index in [1.165, 1.54) is 32.1 Å². The van der Waals surface area contributed by atoms with Gasteiger partial charge in [0.2, 0.25) is 0 Å². The van der Waals surface area contributed by atoms with E-state index in [2.05, 4.69) is 0 Å². The fourth-order valence-corrected chi connectivity index (χ4v) is 2.97. The van der Waals surface area contributed by atoms with E-state index in [9.17, 15) is 9.90 Å². The van der Waals surface area contributed by atoms with Gasteiger partial charge in [-0.2, -0.15) is 0 Å². The first-order valence-corrected chi connectivity index (χ1v) is 6.04. The zero-order chi connectivity index (χ0) is 10.7. The molecule has 0 aromatic carbocycles. The molecule has 0 radical (unpaired) electrons. The lowest BCUT2D eigenvalue weighted by molar-refractivity contribution is -0.150. The van der Waals surface area contributed by atoms with E-state index in [1.54, 1.807) is 0 Å². The van der Waals surface area contributed by atoms with Gasteiger partial charge < -0.3 is 9.84 Å². The maximum absolute atomic E-state index is 11.3. The van der Waals surface area contributed by atoms with Gasteiger partial charge in [0.05, 0.1) is 12.0 Å². The molecule has 1 aliphatic heterocycles. The SMILES string of the molecule is O=C(O)C1(CC2CCCCC2)CCOC1. The Balaban J connectivity index is 1.96. The van der Waals surface area contributed by atoms with Crippen molar-refractivity contribution in [1.29, 1.82) is 0 Å². The smallest absolute Gasteiger partial charge is 0.312 e. The van der Waals surface area contributed by atoms with Crippen LogP contribution in [0.15, 0.2) is 0 Å². The van der Waals surface area contributed by atoms with Crippen molar-refractivity contribution < 1.29 is 14.6 Å². The number of hydrogen-bond acceptors (Lipinski definition) is 2. The lowest BCUT2D eigenvalue weighted by Gasteiger charge is -2.30. The van der Waals surface area contributed by atoms with Crippen molar-refractivity contribution in [3.63, 3.8) is 0 Å². The fraction of sp³-hybridized carbons (Fsp3) is 0.917. The third-order valence-corrected chi connectivity index (χ3v) is 3.96. The summed E-state index contributed by atoms with van der Waals surface area (Å²) >= 11 is 0. The molecule has 1 aliphatic carbocycles. The van der Waals surface area contributed by atoms with E-state index in [1.807, 2.05) is 0 Å². The van der Waals surface area contributed by atoms with E-state index >= 15 is 0 Å². The molecule has 1 atom stereocenters. The highest BCUT2D eigenvalue weighted by molar-refractivity contribution is 5.75. The second-order valence-electron chi connectivity index (χ2n) is 5.10. The van der Waals surface area contributed by atoms with Gasteiger partial charge in [-0.3, -0.25) is 4.79 Å². The molecule has 86 valence electrons. The Kier molecular flexibility index (Phi) is 3.29. The van der Waals surface area contributed by atoms with Crippen LogP contribution in [0.2, 0.25) is 0 Å². The molecule has 2 rings (SSSR count). The molecule has 15 heavy (non-hydrogen) atoms. The van der Waals surface area contributed by atoms with Crippen molar-refractivity contribution in [2.45, 2.75) is 44.9 Å². The molecule has 3 nitrogen and oxygen atoms in total. The van der Waals surface area contributed by atoms with Crippen LogP contribution in [0.3, 0.4) is 0 Å². The molecule has 1 heterocycles. The summed E-state index contributed by atoms with van der Waals surface area (Å²) in [7, 11) is 0. The quantitative estimate of drug-likeness (QED) is 0.781. The molecule has 3 heteroatoms. The number of aliphatic carboxylic acids is 1. The second-order valence-corrected chi connectivity index (χ2v) is 5.10. The number of carbonyl (C=O) groups is 1. The third-order valence-electron chi connectivity index (χ3n) is 3.96. The molecule has 1 unspecified atom stereocenters. The van der Waals surface area contributed by atoms with Gasteiger partial charge in [0.1, 0.15) is 0 Å². The van der Waals surface area contributed by atoms with Crippen LogP contribution in [0.25, 0.3) is 0 Å². The van der Waals surface area contributed by atoms with Crippen LogP contribution in [-0.4, -0.2) is 24.3 Å². The number of hydrogen-bond donors (Lipinski definition) is 1. The molecule has 2 fully saturated rings. The standard InChI is InChI=1S/C12H20O3/c13-11(14)12(6-7-15-9-12)8-10-4-2-1-3-5-10/h10H,1-9H2,(H,13,14). The Bertz CT molecular complexity index is 225. The van der Waals surface area contributed by atoms with Gasteiger partial charge in [0.15, 0.2) is 0 Å². The van der Waals surface area contributed by atoms with Gasteiger partial charge in [0, 0.05) is 6.61 Å². The summed E-state index contributed by atoms with van der Waals surface area (Å²) in [6, 6.07) is 0. The summed E-state index contributed by atoms with van der Waals surface area (Å²) in [5.41, 5.74) is -0.554. The summed E-state index contributed by atoms with van der Waals surface area (Å²) in [6.07, 6.45) is 7.86. The molecular formula is C12H20O3. The zero-order valence-electron chi connectivity index (χ0n) is 9.21. The topological polar surface area (TPSA) is 46.5 Å². The predicted octanol–water partition coefficient (Wildman–Crippen LogP) is 2.45. The first kappa shape index (κ1) is 10.9. The van der Waals surface area contributed by atoms with Crippen LogP contribution in [-0.2, 0) is 9.53 Å². The van der Waals surface area contributed by atoms with Gasteiger partial charge >= 0.3 is 5.97 Å². The third kappa shape index (κ3) is 2.33. The average molecular weight is 212 g/mol. The first-order chi connectivity index (χ1) is 7.23. The molecule has 1 N–H and O–H groups in total. The Labute approximate surface area is 90.8 Å². The van der Waals surface area contributed by atoms with Crippen LogP contribution in [0, 0.1) is 11.3 Å². The molecule has 0 bridgehead atoms. The number of carboxylic acid groups (broad SMARTS) is 1. The summed E-state index contributed by atoms with van der Waals surface area (Å²) in [6.45, 7) is 1.05. The van der Waals surface area contributed by atoms with Crippen LogP contribution in [0.5, 0.6) is 0 Å². The van der Waals surface area contributed by atoms with Crippen molar-refractivity contribution in [2.24, 2.45) is 11.3 Å². The lowest BCUT2D eigenvalue weighted by Crippen LogP contribution is -2.34. The monoisotopic (exact) mass is 212 g/mol. The molecule has 0 aromatic heterocycles. The zero-order valence-corrected chi connectivity index (χ0v) is 9.21. The van der Waals surface area contributed by atoms with E-state index in [0.717, 1.165) is 6.42 Å². The normalized spacial score (nSPS) is 33.1. The van der Waals surface area contributed by atoms with E-state index in [0.29, 0.717) is 25.6 Å². The highest BCUT2D eigenvalue weighted by atomic mass is 16.5. The van der Waals surface area contributed by atoms with Crippen molar-refractivity contribution in [3.8, 4) is 0 Å². The average Bonchev–Trinajstić information content (AvgIpc) is 2.69. The molecule has 0 spiro atoms. The van der Waals surface area contributed by atoms with Crippen LogP contribution < -0.4 is 0 Å². The van der Waals surface area contributed by atoms with Crippen molar-refractivity contribution in [2.75, 3.05) is 13.2 Å². The van der Waals surface area contributed by atoms with Crippen LogP contribution in [0.1, 0.15) is 44.9 Å². The van der Waals surface area contributed by atoms with E-state index < -0.39 is 11.4 Å². The first-order valence-electron chi connectivity index (χ1n) is 6.04. The maximum atomic E-state index is 11.3. The van der Waals surface area contributed by atoms with Crippen LogP contribution >= 0.6 is 0 Å². The summed E-state index contributed by atoms with van der Waals surface area (Å²) in [4.78, 5) is 11.3. The van der Waals surface area contributed by atoms with Gasteiger partial charge in [0.25, 0.3) is 0 Å². The summed E-state index contributed by atoms with van der Waals surface area (Å²) in [5.74, 6) is -0.0258. The predicted molar refractivity (Wildman–Crippen MR) is 56.7 cm³/mol. The Morgan fingerprint density at radius 1 is 1.33 bits per heavy atom. The number of rotatable bonds is 3. The van der Waals surface area contributed by atoms with Crippen molar-refractivity contribution in [1.82, 2.24) is 0 Å². The maximum Gasteiger partial charge on any atom is 0.312 e.